The average Bonchev–Trinajstić information content (AvgIpc) is 2.72. The Balaban J connectivity index is 2.56. The number of aromatic carboxylic acids is 1. The highest BCUT2D eigenvalue weighted by atomic mass is 35.5. The molecule has 2 N–H and O–H groups in total. The van der Waals surface area contributed by atoms with Crippen LogP contribution in [0.2, 0.25) is 5.02 Å². The third-order valence-electron chi connectivity index (χ3n) is 2.72. The Labute approximate surface area is 103 Å². The van der Waals surface area contributed by atoms with Crippen molar-refractivity contribution in [3.63, 3.8) is 0 Å². The second-order valence-electron chi connectivity index (χ2n) is 3.87. The van der Waals surface area contributed by atoms with E-state index in [9.17, 15) is 4.79 Å². The number of nitrogens with zero attached hydrogens (tertiary/aromatic N) is 1. The fraction of sp³-hybridized carbons (Fsp3) is 0.167. The molecule has 5 heteroatoms. The molecule has 0 unspecified atom stereocenters. The number of rotatable bonds is 2. The lowest BCUT2D eigenvalue weighted by atomic mass is 10.0. The summed E-state index contributed by atoms with van der Waals surface area (Å²) in [6, 6.07) is 5.15. The van der Waals surface area contributed by atoms with Gasteiger partial charge in [0, 0.05) is 10.6 Å². The number of carboxylic acids is 1. The van der Waals surface area contributed by atoms with Gasteiger partial charge in [-0.25, -0.2) is 4.79 Å². The summed E-state index contributed by atoms with van der Waals surface area (Å²) in [5.41, 5.74) is 3.59. The summed E-state index contributed by atoms with van der Waals surface area (Å²) in [5.74, 6) is -1.03. The van der Waals surface area contributed by atoms with Gasteiger partial charge in [0.2, 0.25) is 0 Å². The quantitative estimate of drug-likeness (QED) is 0.861. The maximum Gasteiger partial charge on any atom is 0.353 e. The van der Waals surface area contributed by atoms with Crippen LogP contribution in [0.25, 0.3) is 11.3 Å². The van der Waals surface area contributed by atoms with Gasteiger partial charge in [-0.15, -0.1) is 0 Å². The molecule has 2 rings (SSSR count). The van der Waals surface area contributed by atoms with Crippen LogP contribution in [0.15, 0.2) is 18.2 Å². The molecule has 0 amide bonds. The zero-order valence-corrected chi connectivity index (χ0v) is 10.2. The van der Waals surface area contributed by atoms with Gasteiger partial charge in [0.05, 0.1) is 5.69 Å². The maximum absolute atomic E-state index is 10.8. The Morgan fingerprint density at radius 1 is 1.35 bits per heavy atom. The van der Waals surface area contributed by atoms with Crippen molar-refractivity contribution in [1.29, 1.82) is 0 Å². The number of carbonyl (C=O) groups is 1. The molecule has 0 saturated carbocycles. The van der Waals surface area contributed by atoms with Crippen LogP contribution in [0.5, 0.6) is 0 Å². The van der Waals surface area contributed by atoms with Crippen molar-refractivity contribution in [2.75, 3.05) is 0 Å². The first-order valence-corrected chi connectivity index (χ1v) is 5.42. The van der Waals surface area contributed by atoms with Crippen molar-refractivity contribution >= 4 is 17.6 Å². The average molecular weight is 251 g/mol. The zero-order chi connectivity index (χ0) is 12.6. The van der Waals surface area contributed by atoms with Crippen molar-refractivity contribution in [2.45, 2.75) is 13.8 Å². The van der Waals surface area contributed by atoms with E-state index >= 15 is 0 Å². The highest BCUT2D eigenvalue weighted by Gasteiger charge is 2.12. The summed E-state index contributed by atoms with van der Waals surface area (Å²) >= 11 is 5.99. The molecule has 0 aliphatic heterocycles. The van der Waals surface area contributed by atoms with E-state index in [1.165, 1.54) is 6.07 Å². The summed E-state index contributed by atoms with van der Waals surface area (Å²) in [5, 5.41) is 15.9. The molecule has 0 atom stereocenters. The summed E-state index contributed by atoms with van der Waals surface area (Å²) in [6.45, 7) is 3.91. The Morgan fingerprint density at radius 2 is 2.06 bits per heavy atom. The van der Waals surface area contributed by atoms with Crippen LogP contribution < -0.4 is 0 Å². The summed E-state index contributed by atoms with van der Waals surface area (Å²) in [7, 11) is 0. The van der Waals surface area contributed by atoms with E-state index in [1.54, 1.807) is 6.07 Å². The molecule has 0 spiro atoms. The predicted molar refractivity (Wildman–Crippen MR) is 65.5 cm³/mol. The first-order chi connectivity index (χ1) is 7.99. The molecular weight excluding hydrogens is 240 g/mol. The first kappa shape index (κ1) is 11.7. The van der Waals surface area contributed by atoms with Gasteiger partial charge in [-0.3, -0.25) is 5.10 Å². The SMILES string of the molecule is Cc1cc(Cl)cc(-c2cc(C(=O)O)[nH]n2)c1C. The molecule has 1 heterocycles. The van der Waals surface area contributed by atoms with E-state index in [0.29, 0.717) is 10.7 Å². The summed E-state index contributed by atoms with van der Waals surface area (Å²) in [6.07, 6.45) is 0. The monoisotopic (exact) mass is 250 g/mol. The molecule has 0 radical (unpaired) electrons. The number of hydrogen-bond donors (Lipinski definition) is 2. The topological polar surface area (TPSA) is 66.0 Å². The Bertz CT molecular complexity index is 590. The van der Waals surface area contributed by atoms with E-state index in [0.717, 1.165) is 16.7 Å². The predicted octanol–water partition coefficient (Wildman–Crippen LogP) is 3.05. The molecular formula is C12H11ClN2O2. The minimum absolute atomic E-state index is 0.0667. The smallest absolute Gasteiger partial charge is 0.353 e. The van der Waals surface area contributed by atoms with E-state index in [-0.39, 0.29) is 5.69 Å². The van der Waals surface area contributed by atoms with Gasteiger partial charge in [-0.1, -0.05) is 11.6 Å². The number of aromatic nitrogens is 2. The molecule has 0 aliphatic carbocycles. The zero-order valence-electron chi connectivity index (χ0n) is 9.41. The molecule has 0 aliphatic rings. The molecule has 0 saturated heterocycles. The molecule has 88 valence electrons. The van der Waals surface area contributed by atoms with E-state index in [2.05, 4.69) is 10.2 Å². The molecule has 2 aromatic rings. The molecule has 1 aromatic carbocycles. The Morgan fingerprint density at radius 3 is 2.65 bits per heavy atom. The van der Waals surface area contributed by atoms with Crippen LogP contribution in [0, 0.1) is 13.8 Å². The van der Waals surface area contributed by atoms with Gasteiger partial charge < -0.3 is 5.11 Å². The normalized spacial score (nSPS) is 10.5. The highest BCUT2D eigenvalue weighted by molar-refractivity contribution is 6.31. The fourth-order valence-electron chi connectivity index (χ4n) is 1.65. The van der Waals surface area contributed by atoms with Crippen molar-refractivity contribution < 1.29 is 9.90 Å². The van der Waals surface area contributed by atoms with Gasteiger partial charge >= 0.3 is 5.97 Å². The van der Waals surface area contributed by atoms with Crippen molar-refractivity contribution in [3.8, 4) is 11.3 Å². The number of aryl methyl sites for hydroxylation is 1. The molecule has 17 heavy (non-hydrogen) atoms. The number of benzene rings is 1. The van der Waals surface area contributed by atoms with Gasteiger partial charge in [0.1, 0.15) is 5.69 Å². The number of halogens is 1. The molecule has 1 aromatic heterocycles. The second kappa shape index (κ2) is 4.22. The Kier molecular flexibility index (Phi) is 2.90. The number of carboxylic acid groups (broad SMARTS) is 1. The summed E-state index contributed by atoms with van der Waals surface area (Å²) < 4.78 is 0. The van der Waals surface area contributed by atoms with E-state index < -0.39 is 5.97 Å². The third kappa shape index (κ3) is 2.17. The van der Waals surface area contributed by atoms with E-state index in [4.69, 9.17) is 16.7 Å². The fourth-order valence-corrected chi connectivity index (χ4v) is 1.92. The van der Waals surface area contributed by atoms with Crippen LogP contribution >= 0.6 is 11.6 Å². The summed E-state index contributed by atoms with van der Waals surface area (Å²) in [4.78, 5) is 10.8. The molecule has 0 fully saturated rings. The van der Waals surface area contributed by atoms with Crippen LogP contribution in [0.1, 0.15) is 21.6 Å². The lowest BCUT2D eigenvalue weighted by Gasteiger charge is -2.06. The number of aromatic amines is 1. The maximum atomic E-state index is 10.8. The number of H-pyrrole nitrogens is 1. The lowest BCUT2D eigenvalue weighted by molar-refractivity contribution is 0.0690. The minimum Gasteiger partial charge on any atom is -0.477 e. The second-order valence-corrected chi connectivity index (χ2v) is 4.30. The number of nitrogens with one attached hydrogen (secondary N) is 1. The van der Waals surface area contributed by atoms with Gasteiger partial charge in [0.15, 0.2) is 0 Å². The van der Waals surface area contributed by atoms with Crippen molar-refractivity contribution in [3.05, 3.63) is 40.0 Å². The Hall–Kier alpha value is -1.81. The molecule has 4 nitrogen and oxygen atoms in total. The van der Waals surface area contributed by atoms with E-state index in [1.807, 2.05) is 19.9 Å². The van der Waals surface area contributed by atoms with Crippen LogP contribution in [0.4, 0.5) is 0 Å². The number of hydrogen-bond acceptors (Lipinski definition) is 2. The minimum atomic E-state index is -1.03. The largest absolute Gasteiger partial charge is 0.477 e. The first-order valence-electron chi connectivity index (χ1n) is 5.05. The van der Waals surface area contributed by atoms with Crippen molar-refractivity contribution in [2.24, 2.45) is 0 Å². The third-order valence-corrected chi connectivity index (χ3v) is 2.93. The lowest BCUT2D eigenvalue weighted by Crippen LogP contribution is -1.95. The van der Waals surface area contributed by atoms with Crippen LogP contribution in [0.3, 0.4) is 0 Å². The van der Waals surface area contributed by atoms with Crippen LogP contribution in [-0.4, -0.2) is 21.3 Å². The molecule has 0 bridgehead atoms. The standard InChI is InChI=1S/C12H11ClN2O2/c1-6-3-8(13)4-9(7(6)2)10-5-11(12(16)17)15-14-10/h3-5H,1-2H3,(H,14,15)(H,16,17). The van der Waals surface area contributed by atoms with Crippen LogP contribution in [-0.2, 0) is 0 Å². The van der Waals surface area contributed by atoms with Gasteiger partial charge in [0.25, 0.3) is 0 Å². The van der Waals surface area contributed by atoms with Gasteiger partial charge in [-0.2, -0.15) is 5.10 Å². The van der Waals surface area contributed by atoms with Crippen molar-refractivity contribution in [1.82, 2.24) is 10.2 Å². The van der Waals surface area contributed by atoms with Gasteiger partial charge in [-0.05, 0) is 43.2 Å². The highest BCUT2D eigenvalue weighted by Crippen LogP contribution is 2.28.